The molecule has 1 amide bonds. The molecule has 0 unspecified atom stereocenters. The maximum atomic E-state index is 12.8. The highest BCUT2D eigenvalue weighted by molar-refractivity contribution is 7.89. The van der Waals surface area contributed by atoms with Gasteiger partial charge in [0.15, 0.2) is 0 Å². The molecule has 1 fully saturated rings. The molecule has 3 aromatic rings. The fraction of sp³-hybridized carbons (Fsp3) is 0.318. The van der Waals surface area contributed by atoms with Crippen molar-refractivity contribution in [3.05, 3.63) is 66.1 Å². The van der Waals surface area contributed by atoms with Crippen molar-refractivity contribution in [2.24, 2.45) is 5.92 Å². The molecule has 0 aliphatic carbocycles. The molecule has 1 aliphatic heterocycles. The van der Waals surface area contributed by atoms with Gasteiger partial charge in [0.05, 0.1) is 4.90 Å². The number of sulfonamides is 1. The van der Waals surface area contributed by atoms with Gasteiger partial charge in [0.1, 0.15) is 0 Å². The minimum atomic E-state index is -3.52. The first-order chi connectivity index (χ1) is 14.9. The normalized spacial score (nSPS) is 15.6. The summed E-state index contributed by atoms with van der Waals surface area (Å²) < 4.78 is 32.7. The van der Waals surface area contributed by atoms with E-state index in [1.807, 2.05) is 30.3 Å². The number of carbonyl (C=O) groups is 1. The largest absolute Gasteiger partial charge is 0.412 e. The molecule has 0 bridgehead atoms. The summed E-state index contributed by atoms with van der Waals surface area (Å²) in [5.74, 6) is 0.0808. The fourth-order valence-corrected chi connectivity index (χ4v) is 4.90. The number of piperidine rings is 1. The second-order valence-electron chi connectivity index (χ2n) is 7.69. The topological polar surface area (TPSA) is 105 Å². The maximum Gasteiger partial charge on any atom is 0.309 e. The Morgan fingerprint density at radius 3 is 2.42 bits per heavy atom. The Balaban J connectivity index is 1.42. The number of amides is 1. The van der Waals surface area contributed by atoms with E-state index < -0.39 is 15.9 Å². The van der Waals surface area contributed by atoms with Crippen molar-refractivity contribution in [1.29, 1.82) is 0 Å². The lowest BCUT2D eigenvalue weighted by atomic mass is 10.0. The van der Waals surface area contributed by atoms with Crippen LogP contribution < -0.4 is 5.32 Å². The van der Waals surface area contributed by atoms with Gasteiger partial charge >= 0.3 is 11.8 Å². The highest BCUT2D eigenvalue weighted by Gasteiger charge is 2.28. The summed E-state index contributed by atoms with van der Waals surface area (Å²) >= 11 is 0. The zero-order valence-corrected chi connectivity index (χ0v) is 18.0. The Labute approximate surface area is 181 Å². The summed E-state index contributed by atoms with van der Waals surface area (Å²) in [6.45, 7) is 3.56. The van der Waals surface area contributed by atoms with Crippen LogP contribution in [0.5, 0.6) is 0 Å². The van der Waals surface area contributed by atoms with E-state index in [-0.39, 0.29) is 16.7 Å². The van der Waals surface area contributed by atoms with Crippen LogP contribution in [-0.2, 0) is 16.6 Å². The Kier molecular flexibility index (Phi) is 6.15. The average Bonchev–Trinajstić information content (AvgIpc) is 3.29. The van der Waals surface area contributed by atoms with Crippen LogP contribution in [0, 0.1) is 5.92 Å². The van der Waals surface area contributed by atoms with Gasteiger partial charge in [-0.15, -0.1) is 10.2 Å². The van der Waals surface area contributed by atoms with Gasteiger partial charge in [0, 0.05) is 25.2 Å². The highest BCUT2D eigenvalue weighted by Crippen LogP contribution is 2.25. The molecule has 1 aliphatic rings. The molecule has 9 heteroatoms. The lowest BCUT2D eigenvalue weighted by Crippen LogP contribution is -2.37. The van der Waals surface area contributed by atoms with E-state index in [1.165, 1.54) is 16.4 Å². The van der Waals surface area contributed by atoms with Crippen molar-refractivity contribution in [1.82, 2.24) is 19.8 Å². The first kappa shape index (κ1) is 21.2. The van der Waals surface area contributed by atoms with Crippen LogP contribution in [0.15, 0.2) is 63.9 Å². The van der Waals surface area contributed by atoms with Crippen molar-refractivity contribution >= 4 is 15.9 Å². The Hall–Kier alpha value is -3.04. The number of carbonyl (C=O) groups excluding carboxylic acids is 1. The molecular weight excluding hydrogens is 416 g/mol. The van der Waals surface area contributed by atoms with Crippen LogP contribution in [-0.4, -0.2) is 41.9 Å². The van der Waals surface area contributed by atoms with E-state index in [4.69, 9.17) is 4.42 Å². The zero-order chi connectivity index (χ0) is 21.8. The average molecular weight is 441 g/mol. The third-order valence-electron chi connectivity index (χ3n) is 5.40. The van der Waals surface area contributed by atoms with E-state index >= 15 is 0 Å². The number of rotatable bonds is 6. The van der Waals surface area contributed by atoms with Crippen molar-refractivity contribution in [2.75, 3.05) is 13.1 Å². The fourth-order valence-electron chi connectivity index (χ4n) is 3.43. The van der Waals surface area contributed by atoms with Crippen LogP contribution in [0.4, 0.5) is 0 Å². The summed E-state index contributed by atoms with van der Waals surface area (Å²) in [4.78, 5) is 12.5. The Morgan fingerprint density at radius 1 is 1.06 bits per heavy atom. The minimum absolute atomic E-state index is 0.148. The van der Waals surface area contributed by atoms with E-state index in [9.17, 15) is 13.2 Å². The third kappa shape index (κ3) is 4.83. The third-order valence-corrected chi connectivity index (χ3v) is 7.31. The van der Waals surface area contributed by atoms with E-state index in [0.29, 0.717) is 31.1 Å². The molecule has 4 rings (SSSR count). The summed E-state index contributed by atoms with van der Waals surface area (Å²) in [7, 11) is -3.52. The summed E-state index contributed by atoms with van der Waals surface area (Å²) in [6, 6.07) is 15.8. The van der Waals surface area contributed by atoms with Crippen LogP contribution in [0.3, 0.4) is 0 Å². The van der Waals surface area contributed by atoms with E-state index in [0.717, 1.165) is 18.4 Å². The van der Waals surface area contributed by atoms with Crippen molar-refractivity contribution in [3.63, 3.8) is 0 Å². The lowest BCUT2D eigenvalue weighted by molar-refractivity contribution is 0.0917. The molecule has 162 valence electrons. The number of hydrogen-bond donors (Lipinski definition) is 1. The van der Waals surface area contributed by atoms with Crippen LogP contribution >= 0.6 is 0 Å². The molecule has 8 nitrogen and oxygen atoms in total. The van der Waals surface area contributed by atoms with Gasteiger partial charge < -0.3 is 9.73 Å². The molecule has 31 heavy (non-hydrogen) atoms. The number of aromatic nitrogens is 2. The summed E-state index contributed by atoms with van der Waals surface area (Å²) in [5, 5.41) is 10.4. The predicted molar refractivity (Wildman–Crippen MR) is 115 cm³/mol. The SMILES string of the molecule is CC1CCN(S(=O)(=O)c2ccc(-c3nnc(C(=O)NCc4ccccc4)o3)cc2)CC1. The van der Waals surface area contributed by atoms with Gasteiger partial charge in [0.2, 0.25) is 15.9 Å². The molecule has 1 aromatic heterocycles. The van der Waals surface area contributed by atoms with E-state index in [1.54, 1.807) is 12.1 Å². The van der Waals surface area contributed by atoms with Gasteiger partial charge in [-0.2, -0.15) is 4.31 Å². The maximum absolute atomic E-state index is 12.8. The first-order valence-corrected chi connectivity index (χ1v) is 11.6. The molecule has 0 atom stereocenters. The molecule has 0 spiro atoms. The van der Waals surface area contributed by atoms with Crippen molar-refractivity contribution in [2.45, 2.75) is 31.2 Å². The number of benzene rings is 2. The zero-order valence-electron chi connectivity index (χ0n) is 17.2. The second kappa shape index (κ2) is 8.99. The standard InChI is InChI=1S/C22H24N4O4S/c1-16-11-13-26(14-12-16)31(28,29)19-9-7-18(8-10-19)21-24-25-22(30-21)20(27)23-15-17-5-3-2-4-6-17/h2-10,16H,11-15H2,1H3,(H,23,27). The van der Waals surface area contributed by atoms with Gasteiger partial charge in [-0.1, -0.05) is 37.3 Å². The van der Waals surface area contributed by atoms with Crippen molar-refractivity contribution < 1.29 is 17.6 Å². The quantitative estimate of drug-likeness (QED) is 0.631. The molecule has 0 saturated carbocycles. The van der Waals surface area contributed by atoms with Gasteiger partial charge in [-0.25, -0.2) is 8.42 Å². The van der Waals surface area contributed by atoms with Crippen molar-refractivity contribution in [3.8, 4) is 11.5 Å². The van der Waals surface area contributed by atoms with Crippen LogP contribution in [0.25, 0.3) is 11.5 Å². The molecule has 2 heterocycles. The van der Waals surface area contributed by atoms with Gasteiger partial charge in [0.25, 0.3) is 0 Å². The monoisotopic (exact) mass is 440 g/mol. The molecule has 2 aromatic carbocycles. The number of hydrogen-bond acceptors (Lipinski definition) is 6. The molecule has 1 N–H and O–H groups in total. The smallest absolute Gasteiger partial charge is 0.309 e. The highest BCUT2D eigenvalue weighted by atomic mass is 32.2. The Morgan fingerprint density at radius 2 is 1.74 bits per heavy atom. The molecule has 0 radical (unpaired) electrons. The van der Waals surface area contributed by atoms with Gasteiger partial charge in [-0.05, 0) is 48.6 Å². The first-order valence-electron chi connectivity index (χ1n) is 10.2. The summed E-state index contributed by atoms with van der Waals surface area (Å²) in [6.07, 6.45) is 1.74. The molecular formula is C22H24N4O4S. The minimum Gasteiger partial charge on any atom is -0.412 e. The predicted octanol–water partition coefficient (Wildman–Crippen LogP) is 3.09. The number of nitrogens with one attached hydrogen (secondary N) is 1. The second-order valence-corrected chi connectivity index (χ2v) is 9.63. The Bertz CT molecular complexity index is 1140. The van der Waals surface area contributed by atoms with Crippen LogP contribution in [0.1, 0.15) is 36.0 Å². The van der Waals surface area contributed by atoms with Gasteiger partial charge in [-0.3, -0.25) is 4.79 Å². The molecule has 1 saturated heterocycles. The summed E-state index contributed by atoms with van der Waals surface area (Å²) in [5.41, 5.74) is 1.50. The number of nitrogens with zero attached hydrogens (tertiary/aromatic N) is 3. The van der Waals surface area contributed by atoms with Crippen LogP contribution in [0.2, 0.25) is 0 Å². The lowest BCUT2D eigenvalue weighted by Gasteiger charge is -2.29. The van der Waals surface area contributed by atoms with E-state index in [2.05, 4.69) is 22.4 Å².